The molecule has 8 heteroatoms. The summed E-state index contributed by atoms with van der Waals surface area (Å²) in [4.78, 5) is 5.17. The Morgan fingerprint density at radius 2 is 1.71 bits per heavy atom. The second-order valence-electron chi connectivity index (χ2n) is 10.2. The lowest BCUT2D eigenvalue weighted by Crippen LogP contribution is -2.64. The Hall–Kier alpha value is -1.93. The van der Waals surface area contributed by atoms with Crippen LogP contribution in [0.1, 0.15) is 50.3 Å². The van der Waals surface area contributed by atoms with Gasteiger partial charge in [0.25, 0.3) is 0 Å². The number of hydrogen-bond donors (Lipinski definition) is 2. The second-order valence-corrected chi connectivity index (χ2v) is 12.1. The lowest BCUT2D eigenvalue weighted by Gasteiger charge is -2.44. The average molecular weight is 505 g/mol. The average Bonchev–Trinajstić information content (AvgIpc) is 2.79. The van der Waals surface area contributed by atoms with Crippen LogP contribution in [0.2, 0.25) is 0 Å². The molecule has 2 heterocycles. The van der Waals surface area contributed by atoms with Gasteiger partial charge in [0.2, 0.25) is 10.0 Å². The summed E-state index contributed by atoms with van der Waals surface area (Å²) in [7, 11) is -3.51. The highest BCUT2D eigenvalue weighted by Gasteiger charge is 2.43. The maximum Gasteiger partial charge on any atom is 0.243 e. The van der Waals surface area contributed by atoms with E-state index in [1.807, 2.05) is 18.2 Å². The number of halogens is 1. The summed E-state index contributed by atoms with van der Waals surface area (Å²) < 4.78 is 28.2. The van der Waals surface area contributed by atoms with Crippen molar-refractivity contribution in [3.8, 4) is 0 Å². The van der Waals surface area contributed by atoms with E-state index in [9.17, 15) is 8.42 Å². The van der Waals surface area contributed by atoms with Crippen LogP contribution < -0.4 is 10.6 Å². The molecule has 1 saturated heterocycles. The largest absolute Gasteiger partial charge is 0.368 e. The molecule has 2 aromatic rings. The van der Waals surface area contributed by atoms with Gasteiger partial charge in [0.1, 0.15) is 5.84 Å². The van der Waals surface area contributed by atoms with E-state index in [1.54, 1.807) is 16.4 Å². The highest BCUT2D eigenvalue weighted by molar-refractivity contribution is 7.89. The molecule has 0 atom stereocenters. The summed E-state index contributed by atoms with van der Waals surface area (Å²) in [5.41, 5.74) is 3.34. The molecule has 2 aliphatic heterocycles. The highest BCUT2D eigenvalue weighted by atomic mass is 35.5. The Labute approximate surface area is 210 Å². The number of amidine groups is 1. The lowest BCUT2D eigenvalue weighted by molar-refractivity contribution is 0.241. The Morgan fingerprint density at radius 3 is 2.32 bits per heavy atom. The van der Waals surface area contributed by atoms with Crippen LogP contribution in [-0.4, -0.2) is 50.3 Å². The van der Waals surface area contributed by atoms with Crippen molar-refractivity contribution in [3.63, 3.8) is 0 Å². The molecule has 6 nitrogen and oxygen atoms in total. The minimum atomic E-state index is -3.51. The van der Waals surface area contributed by atoms with E-state index in [1.165, 1.54) is 11.1 Å². The number of aliphatic imine (C=N–C) groups is 1. The summed E-state index contributed by atoms with van der Waals surface area (Å²) in [5, 5.41) is 7.22. The molecule has 0 bridgehead atoms. The van der Waals surface area contributed by atoms with Crippen LogP contribution in [0.3, 0.4) is 0 Å². The second kappa shape index (κ2) is 10.4. The normalized spacial score (nSPS) is 18.8. The predicted molar refractivity (Wildman–Crippen MR) is 141 cm³/mol. The van der Waals surface area contributed by atoms with Gasteiger partial charge in [-0.3, -0.25) is 4.99 Å². The Bertz CT molecular complexity index is 1120. The van der Waals surface area contributed by atoms with Crippen LogP contribution in [0.25, 0.3) is 0 Å². The Balaban J connectivity index is 0.00000324. The topological polar surface area (TPSA) is 73.8 Å². The third-order valence-electron chi connectivity index (χ3n) is 6.94. The number of sulfonamides is 1. The van der Waals surface area contributed by atoms with Crippen molar-refractivity contribution in [3.05, 3.63) is 65.2 Å². The van der Waals surface area contributed by atoms with Gasteiger partial charge in [-0.25, -0.2) is 8.42 Å². The van der Waals surface area contributed by atoms with E-state index >= 15 is 0 Å². The summed E-state index contributed by atoms with van der Waals surface area (Å²) >= 11 is 0. The van der Waals surface area contributed by atoms with E-state index in [2.05, 4.69) is 56.5 Å². The summed E-state index contributed by atoms with van der Waals surface area (Å²) in [6.45, 7) is 11.7. The van der Waals surface area contributed by atoms with Crippen LogP contribution in [-0.2, 0) is 22.0 Å². The van der Waals surface area contributed by atoms with Crippen molar-refractivity contribution in [1.29, 1.82) is 0 Å². The first kappa shape index (κ1) is 26.7. The monoisotopic (exact) mass is 504 g/mol. The van der Waals surface area contributed by atoms with Crippen molar-refractivity contribution in [2.45, 2.75) is 62.9 Å². The van der Waals surface area contributed by atoms with E-state index in [0.29, 0.717) is 30.8 Å². The molecule has 0 aliphatic carbocycles. The maximum atomic E-state index is 13.3. The van der Waals surface area contributed by atoms with Crippen molar-refractivity contribution < 1.29 is 8.42 Å². The molecule has 2 aromatic carbocycles. The van der Waals surface area contributed by atoms with Gasteiger partial charge >= 0.3 is 0 Å². The molecular weight excluding hydrogens is 468 g/mol. The molecule has 1 fully saturated rings. The zero-order valence-electron chi connectivity index (χ0n) is 20.6. The summed E-state index contributed by atoms with van der Waals surface area (Å²) in [6.07, 6.45) is 1.40. The number of aryl methyl sites for hydroxylation is 1. The zero-order valence-corrected chi connectivity index (χ0v) is 22.2. The maximum absolute atomic E-state index is 13.3. The van der Waals surface area contributed by atoms with Crippen LogP contribution in [0.4, 0.5) is 0 Å². The number of benzene rings is 2. The molecule has 4 rings (SSSR count). The van der Waals surface area contributed by atoms with Crippen LogP contribution in [0.5, 0.6) is 0 Å². The molecule has 2 N–H and O–H groups in total. The van der Waals surface area contributed by atoms with E-state index in [-0.39, 0.29) is 23.4 Å². The quantitative estimate of drug-likeness (QED) is 0.659. The first-order valence-corrected chi connectivity index (χ1v) is 13.2. The van der Waals surface area contributed by atoms with Gasteiger partial charge in [-0.1, -0.05) is 57.2 Å². The van der Waals surface area contributed by atoms with Gasteiger partial charge in [0, 0.05) is 26.2 Å². The molecule has 1 spiro atoms. The van der Waals surface area contributed by atoms with E-state index < -0.39 is 10.0 Å². The molecule has 186 valence electrons. The van der Waals surface area contributed by atoms with Crippen LogP contribution in [0.15, 0.2) is 58.4 Å². The first-order chi connectivity index (χ1) is 15.6. The van der Waals surface area contributed by atoms with Crippen molar-refractivity contribution in [2.75, 3.05) is 26.2 Å². The van der Waals surface area contributed by atoms with Gasteiger partial charge in [-0.2, -0.15) is 4.31 Å². The lowest BCUT2D eigenvalue weighted by atomic mass is 9.85. The number of nitrogens with one attached hydrogen (secondary N) is 2. The van der Waals surface area contributed by atoms with Crippen molar-refractivity contribution >= 4 is 28.3 Å². The fourth-order valence-corrected chi connectivity index (χ4v) is 6.15. The molecular formula is C26H37ClN4O2S. The molecule has 0 aromatic heterocycles. The third-order valence-corrected chi connectivity index (χ3v) is 8.85. The first-order valence-electron chi connectivity index (χ1n) is 11.8. The van der Waals surface area contributed by atoms with Crippen molar-refractivity contribution in [2.24, 2.45) is 4.99 Å². The molecule has 0 radical (unpaired) electrons. The SMILES string of the molecule is Cc1ccccc1CNC1=NCCNC12CCN(S(=O)(=O)c1ccc(C(C)(C)C)cc1)CC2.Cl. The van der Waals surface area contributed by atoms with Crippen LogP contribution >= 0.6 is 12.4 Å². The fraction of sp³-hybridized carbons (Fsp3) is 0.500. The fourth-order valence-electron chi connectivity index (χ4n) is 4.71. The van der Waals surface area contributed by atoms with E-state index in [4.69, 9.17) is 4.99 Å². The Kier molecular flexibility index (Phi) is 8.13. The molecule has 34 heavy (non-hydrogen) atoms. The van der Waals surface area contributed by atoms with Gasteiger partial charge < -0.3 is 10.6 Å². The number of nitrogens with zero attached hydrogens (tertiary/aromatic N) is 2. The number of piperidine rings is 1. The highest BCUT2D eigenvalue weighted by Crippen LogP contribution is 2.30. The smallest absolute Gasteiger partial charge is 0.243 e. The van der Waals surface area contributed by atoms with Gasteiger partial charge in [-0.05, 0) is 54.0 Å². The Morgan fingerprint density at radius 1 is 1.06 bits per heavy atom. The molecule has 0 saturated carbocycles. The van der Waals surface area contributed by atoms with Crippen LogP contribution in [0, 0.1) is 6.92 Å². The van der Waals surface area contributed by atoms with Gasteiger partial charge in [0.15, 0.2) is 0 Å². The molecule has 0 unspecified atom stereocenters. The number of hydrogen-bond acceptors (Lipinski definition) is 5. The number of rotatable bonds is 4. The molecule has 2 aliphatic rings. The van der Waals surface area contributed by atoms with E-state index in [0.717, 1.165) is 31.0 Å². The summed E-state index contributed by atoms with van der Waals surface area (Å²) in [5.74, 6) is 0.962. The minimum Gasteiger partial charge on any atom is -0.368 e. The standard InChI is InChI=1S/C26H36N4O2S.ClH/c1-20-7-5-6-8-21(20)19-28-24-26(29-16-15-27-24)13-17-30(18-14-26)33(31,32)23-11-9-22(10-12-23)25(2,3)4;/h5-12,29H,13-19H2,1-4H3,(H,27,28);1H. The summed E-state index contributed by atoms with van der Waals surface area (Å²) in [6, 6.07) is 15.7. The third kappa shape index (κ3) is 5.48. The minimum absolute atomic E-state index is 0. The predicted octanol–water partition coefficient (Wildman–Crippen LogP) is 4.03. The molecule has 0 amide bonds. The van der Waals surface area contributed by atoms with Crippen molar-refractivity contribution in [1.82, 2.24) is 14.9 Å². The van der Waals surface area contributed by atoms with Gasteiger partial charge in [0.05, 0.1) is 17.0 Å². The zero-order chi connectivity index (χ0) is 23.7. The van der Waals surface area contributed by atoms with Gasteiger partial charge in [-0.15, -0.1) is 12.4 Å².